The summed E-state index contributed by atoms with van der Waals surface area (Å²) in [6.07, 6.45) is -2.00. The van der Waals surface area contributed by atoms with Crippen molar-refractivity contribution in [2.75, 3.05) is 6.73 Å². The lowest BCUT2D eigenvalue weighted by molar-refractivity contribution is -0.165. The van der Waals surface area contributed by atoms with Crippen LogP contribution >= 0.6 is 0 Å². The number of ether oxygens (including phenoxy) is 1. The third kappa shape index (κ3) is 2.62. The van der Waals surface area contributed by atoms with Crippen molar-refractivity contribution in [1.29, 1.82) is 0 Å². The Morgan fingerprint density at radius 2 is 1.73 bits per heavy atom. The molecule has 5 heteroatoms. The molecule has 0 aliphatic carbocycles. The maximum Gasteiger partial charge on any atom is 0.303 e. The molecule has 3 rings (SSSR count). The molecule has 114 valence electrons. The third-order valence-electron chi connectivity index (χ3n) is 3.80. The van der Waals surface area contributed by atoms with Gasteiger partial charge in [-0.25, -0.2) is 4.90 Å². The average Bonchev–Trinajstić information content (AvgIpc) is 2.77. The summed E-state index contributed by atoms with van der Waals surface area (Å²) in [6.45, 7) is 1.13. The van der Waals surface area contributed by atoms with Gasteiger partial charge in [-0.15, -0.1) is 0 Å². The lowest BCUT2D eigenvalue weighted by Gasteiger charge is -2.22. The summed E-state index contributed by atoms with van der Waals surface area (Å²) in [4.78, 5) is 12.2. The van der Waals surface area contributed by atoms with Crippen molar-refractivity contribution in [1.82, 2.24) is 4.90 Å². The van der Waals surface area contributed by atoms with Crippen molar-refractivity contribution in [3.05, 3.63) is 59.7 Å². The summed E-state index contributed by atoms with van der Waals surface area (Å²) in [6, 6.07) is 15.3. The van der Waals surface area contributed by atoms with Gasteiger partial charge in [0.25, 0.3) is 0 Å². The van der Waals surface area contributed by atoms with Crippen molar-refractivity contribution in [2.24, 2.45) is 0 Å². The lowest BCUT2D eigenvalue weighted by Crippen LogP contribution is -2.29. The van der Waals surface area contributed by atoms with Crippen LogP contribution in [0, 0.1) is 0 Å². The molecule has 0 saturated heterocycles. The van der Waals surface area contributed by atoms with Crippen molar-refractivity contribution >= 4 is 5.97 Å². The Bertz CT molecular complexity index is 686. The molecule has 1 aliphatic heterocycles. The number of rotatable bonds is 3. The van der Waals surface area contributed by atoms with Crippen LogP contribution < -0.4 is 0 Å². The van der Waals surface area contributed by atoms with Crippen molar-refractivity contribution in [3.8, 4) is 11.1 Å². The van der Waals surface area contributed by atoms with Gasteiger partial charge < -0.3 is 14.9 Å². The van der Waals surface area contributed by atoms with Crippen LogP contribution in [0.3, 0.4) is 0 Å². The fourth-order valence-corrected chi connectivity index (χ4v) is 2.64. The number of aliphatic hydroxyl groups is 2. The summed E-state index contributed by atoms with van der Waals surface area (Å²) < 4.78 is 4.88. The minimum Gasteiger partial charge on any atom is -0.450 e. The summed E-state index contributed by atoms with van der Waals surface area (Å²) in [7, 11) is 0. The zero-order valence-corrected chi connectivity index (χ0v) is 12.1. The van der Waals surface area contributed by atoms with Gasteiger partial charge in [-0.1, -0.05) is 42.5 Å². The Morgan fingerprint density at radius 3 is 2.41 bits per heavy atom. The molecule has 2 aromatic rings. The molecule has 2 atom stereocenters. The number of hydrogen-bond acceptors (Lipinski definition) is 5. The zero-order chi connectivity index (χ0) is 15.7. The fraction of sp³-hybridized carbons (Fsp3) is 0.235. The molecule has 0 aromatic heterocycles. The number of carbonyl (C=O) groups is 1. The molecule has 0 fully saturated rings. The Kier molecular flexibility index (Phi) is 3.94. The minimum absolute atomic E-state index is 0.160. The Hall–Kier alpha value is -2.21. The number of benzene rings is 2. The van der Waals surface area contributed by atoms with E-state index in [-0.39, 0.29) is 6.73 Å². The Morgan fingerprint density at radius 1 is 1.05 bits per heavy atom. The second-order valence-electron chi connectivity index (χ2n) is 5.24. The summed E-state index contributed by atoms with van der Waals surface area (Å²) in [5.41, 5.74) is 3.24. The first-order valence-electron chi connectivity index (χ1n) is 7.02. The largest absolute Gasteiger partial charge is 0.450 e. The van der Waals surface area contributed by atoms with E-state index in [1.807, 2.05) is 42.5 Å². The first-order valence-corrected chi connectivity index (χ1v) is 7.02. The summed E-state index contributed by atoms with van der Waals surface area (Å²) >= 11 is 0. The standard InChI is InChI=1S/C17H17NO4/c1-11(19)22-10-18-16(20)14-8-7-13(9-15(14)17(18)21)12-5-3-2-4-6-12/h2-9,16-17,20-21H,10H2,1H3. The Balaban J connectivity index is 1.90. The highest BCUT2D eigenvalue weighted by Gasteiger charge is 2.37. The van der Waals surface area contributed by atoms with E-state index in [9.17, 15) is 15.0 Å². The van der Waals surface area contributed by atoms with Crippen molar-refractivity contribution < 1.29 is 19.7 Å². The summed E-state index contributed by atoms with van der Waals surface area (Å²) in [5.74, 6) is -0.458. The van der Waals surface area contributed by atoms with Crippen LogP contribution in [0.25, 0.3) is 11.1 Å². The molecule has 0 spiro atoms. The number of esters is 1. The van der Waals surface area contributed by atoms with Crippen LogP contribution in [0.5, 0.6) is 0 Å². The van der Waals surface area contributed by atoms with Gasteiger partial charge in [0.2, 0.25) is 0 Å². The number of fused-ring (bicyclic) bond motifs is 1. The van der Waals surface area contributed by atoms with Crippen LogP contribution in [0.4, 0.5) is 0 Å². The Labute approximate surface area is 128 Å². The molecule has 0 amide bonds. The normalized spacial score (nSPS) is 20.7. The third-order valence-corrected chi connectivity index (χ3v) is 3.80. The first-order chi connectivity index (χ1) is 10.6. The van der Waals surface area contributed by atoms with Crippen molar-refractivity contribution in [3.63, 3.8) is 0 Å². The van der Waals surface area contributed by atoms with E-state index in [2.05, 4.69) is 0 Å². The van der Waals surface area contributed by atoms with Gasteiger partial charge in [0.1, 0.15) is 19.2 Å². The molecule has 0 saturated carbocycles. The molecule has 1 aliphatic rings. The van der Waals surface area contributed by atoms with Gasteiger partial charge in [0.05, 0.1) is 0 Å². The molecule has 2 N–H and O–H groups in total. The predicted molar refractivity (Wildman–Crippen MR) is 80.3 cm³/mol. The number of carbonyl (C=O) groups excluding carboxylic acids is 1. The van der Waals surface area contributed by atoms with Gasteiger partial charge >= 0.3 is 5.97 Å². The van der Waals surface area contributed by atoms with Gasteiger partial charge in [-0.3, -0.25) is 4.79 Å². The number of nitrogens with zero attached hydrogens (tertiary/aromatic N) is 1. The minimum atomic E-state index is -1.01. The maximum absolute atomic E-state index is 10.9. The van der Waals surface area contributed by atoms with Gasteiger partial charge in [-0.2, -0.15) is 0 Å². The van der Waals surface area contributed by atoms with Gasteiger partial charge in [0.15, 0.2) is 0 Å². The molecule has 5 nitrogen and oxygen atoms in total. The highest BCUT2D eigenvalue weighted by Crippen LogP contribution is 2.40. The quantitative estimate of drug-likeness (QED) is 0.850. The predicted octanol–water partition coefficient (Wildman–Crippen LogP) is 2.17. The SMILES string of the molecule is CC(=O)OCN1C(O)c2ccc(-c3ccccc3)cc2C1O. The molecule has 2 aromatic carbocycles. The van der Waals surface area contributed by atoms with E-state index in [0.717, 1.165) is 11.1 Å². The van der Waals surface area contributed by atoms with Crippen molar-refractivity contribution in [2.45, 2.75) is 19.4 Å². The molecule has 1 heterocycles. The number of hydrogen-bond donors (Lipinski definition) is 2. The second-order valence-corrected chi connectivity index (χ2v) is 5.24. The van der Waals surface area contributed by atoms with Crippen LogP contribution in [0.2, 0.25) is 0 Å². The molecule has 0 radical (unpaired) electrons. The van der Waals surface area contributed by atoms with E-state index in [4.69, 9.17) is 4.74 Å². The smallest absolute Gasteiger partial charge is 0.303 e. The van der Waals surface area contributed by atoms with E-state index >= 15 is 0 Å². The molecule has 22 heavy (non-hydrogen) atoms. The van der Waals surface area contributed by atoms with Gasteiger partial charge in [0, 0.05) is 18.1 Å². The van der Waals surface area contributed by atoms with Gasteiger partial charge in [-0.05, 0) is 17.2 Å². The van der Waals surface area contributed by atoms with E-state index in [1.165, 1.54) is 11.8 Å². The highest BCUT2D eigenvalue weighted by atomic mass is 16.5. The topological polar surface area (TPSA) is 70.0 Å². The monoisotopic (exact) mass is 299 g/mol. The lowest BCUT2D eigenvalue weighted by atomic mass is 10.00. The van der Waals surface area contributed by atoms with Crippen LogP contribution in [0.1, 0.15) is 30.5 Å². The zero-order valence-electron chi connectivity index (χ0n) is 12.1. The number of aliphatic hydroxyl groups excluding tert-OH is 2. The maximum atomic E-state index is 10.9. The second kappa shape index (κ2) is 5.88. The molecular weight excluding hydrogens is 282 g/mol. The van der Waals surface area contributed by atoms with Crippen LogP contribution in [-0.2, 0) is 9.53 Å². The molecule has 0 bridgehead atoms. The highest BCUT2D eigenvalue weighted by molar-refractivity contribution is 5.66. The fourth-order valence-electron chi connectivity index (χ4n) is 2.64. The van der Waals surface area contributed by atoms with E-state index in [0.29, 0.717) is 11.1 Å². The molecular formula is C17H17NO4. The van der Waals surface area contributed by atoms with Crippen LogP contribution in [-0.4, -0.2) is 27.8 Å². The van der Waals surface area contributed by atoms with E-state index in [1.54, 1.807) is 6.07 Å². The van der Waals surface area contributed by atoms with Crippen LogP contribution in [0.15, 0.2) is 48.5 Å². The first kappa shape index (κ1) is 14.7. The molecule has 2 unspecified atom stereocenters. The summed E-state index contributed by atoms with van der Waals surface area (Å²) in [5, 5.41) is 20.6. The average molecular weight is 299 g/mol. The van der Waals surface area contributed by atoms with E-state index < -0.39 is 18.4 Å².